The first-order chi connectivity index (χ1) is 10.7. The highest BCUT2D eigenvalue weighted by Gasteiger charge is 2.37. The van der Waals surface area contributed by atoms with Gasteiger partial charge in [-0.2, -0.15) is 0 Å². The fraction of sp³-hybridized carbons (Fsp3) is 1.00. The molecule has 1 N–H and O–H groups in total. The molecule has 0 amide bonds. The fourth-order valence-electron chi connectivity index (χ4n) is 2.47. The zero-order valence-electron chi connectivity index (χ0n) is 16.9. The van der Waals surface area contributed by atoms with Gasteiger partial charge in [0.2, 0.25) is 0 Å². The second kappa shape index (κ2) is 12.5. The molecule has 0 saturated carbocycles. The van der Waals surface area contributed by atoms with Crippen molar-refractivity contribution in [2.75, 3.05) is 6.61 Å². The normalized spacial score (nSPS) is 14.2. The Morgan fingerprint density at radius 3 is 1.70 bits per heavy atom. The van der Waals surface area contributed by atoms with Gasteiger partial charge in [-0.25, -0.2) is 0 Å². The highest BCUT2D eigenvalue weighted by atomic mass is 28.4. The Morgan fingerprint density at radius 1 is 0.826 bits per heavy atom. The van der Waals surface area contributed by atoms with Crippen LogP contribution >= 0.6 is 0 Å². The van der Waals surface area contributed by atoms with Crippen LogP contribution in [0.2, 0.25) is 18.1 Å². The maximum absolute atomic E-state index is 10.1. The third-order valence-corrected chi connectivity index (χ3v) is 9.83. The summed E-state index contributed by atoms with van der Waals surface area (Å²) >= 11 is 0. The van der Waals surface area contributed by atoms with Gasteiger partial charge in [0.25, 0.3) is 0 Å². The van der Waals surface area contributed by atoms with Crippen LogP contribution in [0.15, 0.2) is 0 Å². The number of aliphatic hydroxyl groups is 1. The van der Waals surface area contributed by atoms with E-state index in [1.165, 1.54) is 57.8 Å². The molecule has 1 atom stereocenters. The molecule has 0 saturated heterocycles. The summed E-state index contributed by atoms with van der Waals surface area (Å²) < 4.78 is 6.09. The van der Waals surface area contributed by atoms with Gasteiger partial charge >= 0.3 is 0 Å². The molecule has 0 spiro atoms. The van der Waals surface area contributed by atoms with Gasteiger partial charge in [-0.3, -0.25) is 0 Å². The third-order valence-electron chi connectivity index (χ3n) is 5.33. The molecule has 140 valence electrons. The van der Waals surface area contributed by atoms with Crippen molar-refractivity contribution in [3.63, 3.8) is 0 Å². The Kier molecular flexibility index (Phi) is 12.6. The summed E-state index contributed by atoms with van der Waals surface area (Å²) in [5, 5.41) is 10.3. The predicted molar refractivity (Wildman–Crippen MR) is 106 cm³/mol. The van der Waals surface area contributed by atoms with E-state index in [1.54, 1.807) is 0 Å². The van der Waals surface area contributed by atoms with Crippen LogP contribution in [0.3, 0.4) is 0 Å². The van der Waals surface area contributed by atoms with Crippen LogP contribution in [0.25, 0.3) is 0 Å². The van der Waals surface area contributed by atoms with Crippen molar-refractivity contribution in [2.24, 2.45) is 0 Å². The van der Waals surface area contributed by atoms with E-state index in [0.29, 0.717) is 6.61 Å². The highest BCUT2D eigenvalue weighted by Crippen LogP contribution is 2.36. The van der Waals surface area contributed by atoms with Crippen LogP contribution in [0.4, 0.5) is 0 Å². The van der Waals surface area contributed by atoms with E-state index in [2.05, 4.69) is 40.8 Å². The van der Waals surface area contributed by atoms with Crippen LogP contribution in [0.5, 0.6) is 0 Å². The lowest BCUT2D eigenvalue weighted by Crippen LogP contribution is -2.42. The lowest BCUT2D eigenvalue weighted by Gasteiger charge is -2.36. The van der Waals surface area contributed by atoms with Gasteiger partial charge < -0.3 is 9.53 Å². The van der Waals surface area contributed by atoms with E-state index in [-0.39, 0.29) is 11.1 Å². The maximum Gasteiger partial charge on any atom is 0.192 e. The molecule has 0 radical (unpaired) electrons. The standard InChI is InChI=1S/C20H44O2Si/c1-7-8-9-10-11-12-13-14-15-16-17-19(21)18-22-23(5,6)20(2,3)4/h19,21H,7-18H2,1-6H3/t19-/m1/s1. The molecule has 23 heavy (non-hydrogen) atoms. The topological polar surface area (TPSA) is 29.5 Å². The van der Waals surface area contributed by atoms with E-state index in [9.17, 15) is 5.11 Å². The molecule has 0 aromatic heterocycles. The minimum Gasteiger partial charge on any atom is -0.414 e. The van der Waals surface area contributed by atoms with Crippen LogP contribution in [0.1, 0.15) is 98.3 Å². The van der Waals surface area contributed by atoms with Crippen LogP contribution in [0, 0.1) is 0 Å². The number of hydrogen-bond donors (Lipinski definition) is 1. The Hall–Kier alpha value is 0.137. The molecule has 0 rings (SSSR count). The average molecular weight is 345 g/mol. The van der Waals surface area contributed by atoms with Gasteiger partial charge in [0.05, 0.1) is 12.7 Å². The van der Waals surface area contributed by atoms with Gasteiger partial charge in [0.15, 0.2) is 8.32 Å². The Labute approximate surface area is 147 Å². The van der Waals surface area contributed by atoms with Crippen molar-refractivity contribution in [1.29, 1.82) is 0 Å². The van der Waals surface area contributed by atoms with E-state index >= 15 is 0 Å². The Balaban J connectivity index is 3.49. The Morgan fingerprint density at radius 2 is 1.26 bits per heavy atom. The van der Waals surface area contributed by atoms with Crippen molar-refractivity contribution in [3.05, 3.63) is 0 Å². The maximum atomic E-state index is 10.1. The van der Waals surface area contributed by atoms with E-state index < -0.39 is 8.32 Å². The second-order valence-corrected chi connectivity index (χ2v) is 13.5. The molecule has 0 unspecified atom stereocenters. The van der Waals surface area contributed by atoms with Gasteiger partial charge in [-0.1, -0.05) is 91.9 Å². The van der Waals surface area contributed by atoms with Crippen molar-refractivity contribution in [2.45, 2.75) is 123 Å². The zero-order chi connectivity index (χ0) is 17.8. The summed E-state index contributed by atoms with van der Waals surface area (Å²) in [4.78, 5) is 0. The Bertz CT molecular complexity index is 271. The molecule has 0 bridgehead atoms. The molecule has 3 heteroatoms. The summed E-state index contributed by atoms with van der Waals surface area (Å²) in [5.74, 6) is 0. The molecular formula is C20H44O2Si. The molecule has 2 nitrogen and oxygen atoms in total. The monoisotopic (exact) mass is 344 g/mol. The first kappa shape index (κ1) is 23.1. The molecule has 0 aliphatic carbocycles. The smallest absolute Gasteiger partial charge is 0.192 e. The molecule has 0 aromatic carbocycles. The minimum absolute atomic E-state index is 0.226. The second-order valence-electron chi connectivity index (χ2n) is 8.70. The predicted octanol–water partition coefficient (Wildman–Crippen LogP) is 6.68. The fourth-order valence-corrected chi connectivity index (χ4v) is 3.51. The SMILES string of the molecule is CCCCCCCCCCCC[C@@H](O)CO[Si](C)(C)C(C)(C)C. The average Bonchev–Trinajstić information content (AvgIpc) is 2.46. The summed E-state index contributed by atoms with van der Waals surface area (Å²) in [6.07, 6.45) is 14.0. The number of unbranched alkanes of at least 4 members (excludes halogenated alkanes) is 9. The van der Waals surface area contributed by atoms with Gasteiger partial charge in [-0.15, -0.1) is 0 Å². The van der Waals surface area contributed by atoms with Crippen molar-refractivity contribution >= 4 is 8.32 Å². The molecule has 0 fully saturated rings. The summed E-state index contributed by atoms with van der Waals surface area (Å²) in [7, 11) is -1.71. The summed E-state index contributed by atoms with van der Waals surface area (Å²) in [6.45, 7) is 14.0. The highest BCUT2D eigenvalue weighted by molar-refractivity contribution is 6.74. The minimum atomic E-state index is -1.71. The number of aliphatic hydroxyl groups excluding tert-OH is 1. The van der Waals surface area contributed by atoms with Crippen LogP contribution in [-0.2, 0) is 4.43 Å². The third kappa shape index (κ3) is 12.2. The van der Waals surface area contributed by atoms with Crippen molar-refractivity contribution in [1.82, 2.24) is 0 Å². The summed E-state index contributed by atoms with van der Waals surface area (Å²) in [5.41, 5.74) is 0. The van der Waals surface area contributed by atoms with Crippen molar-refractivity contribution in [3.8, 4) is 0 Å². The summed E-state index contributed by atoms with van der Waals surface area (Å²) in [6, 6.07) is 0. The van der Waals surface area contributed by atoms with Gasteiger partial charge in [0.1, 0.15) is 0 Å². The number of rotatable bonds is 14. The van der Waals surface area contributed by atoms with Gasteiger partial charge in [0, 0.05) is 0 Å². The molecular weight excluding hydrogens is 300 g/mol. The van der Waals surface area contributed by atoms with Crippen molar-refractivity contribution < 1.29 is 9.53 Å². The first-order valence-electron chi connectivity index (χ1n) is 10.0. The lowest BCUT2D eigenvalue weighted by atomic mass is 10.0. The molecule has 0 aromatic rings. The molecule has 0 aliphatic rings. The molecule has 0 heterocycles. The quantitative estimate of drug-likeness (QED) is 0.281. The van der Waals surface area contributed by atoms with E-state index in [1.807, 2.05) is 0 Å². The number of hydrogen-bond acceptors (Lipinski definition) is 2. The van der Waals surface area contributed by atoms with Gasteiger partial charge in [-0.05, 0) is 24.6 Å². The van der Waals surface area contributed by atoms with E-state index in [0.717, 1.165) is 12.8 Å². The first-order valence-corrected chi connectivity index (χ1v) is 12.9. The largest absolute Gasteiger partial charge is 0.414 e. The van der Waals surface area contributed by atoms with Crippen LogP contribution in [-0.4, -0.2) is 26.1 Å². The lowest BCUT2D eigenvalue weighted by molar-refractivity contribution is 0.0905. The van der Waals surface area contributed by atoms with Crippen LogP contribution < -0.4 is 0 Å². The zero-order valence-corrected chi connectivity index (χ0v) is 17.9. The molecule has 0 aliphatic heterocycles. The van der Waals surface area contributed by atoms with E-state index in [4.69, 9.17) is 4.43 Å².